The Labute approximate surface area is 62.0 Å². The molecule has 2 heteroatoms. The van der Waals surface area contributed by atoms with Crippen molar-refractivity contribution in [1.82, 2.24) is 4.90 Å². The lowest BCUT2D eigenvalue weighted by Gasteiger charge is -2.20. The van der Waals surface area contributed by atoms with E-state index in [9.17, 15) is 0 Å². The van der Waals surface area contributed by atoms with Crippen molar-refractivity contribution < 1.29 is 0 Å². The monoisotopic (exact) mass is 138 g/mol. The number of nitrogens with two attached hydrogens (primary N) is 1. The predicted molar refractivity (Wildman–Crippen MR) is 43.3 cm³/mol. The van der Waals surface area contributed by atoms with Gasteiger partial charge >= 0.3 is 0 Å². The summed E-state index contributed by atoms with van der Waals surface area (Å²) in [7, 11) is 0. The zero-order valence-corrected chi connectivity index (χ0v) is 6.38. The molecule has 0 saturated heterocycles. The first-order chi connectivity index (χ1) is 4.83. The number of hydrogen-bond acceptors (Lipinski definition) is 2. The molecule has 2 nitrogen and oxygen atoms in total. The normalized spacial score (nSPS) is 17.3. The lowest BCUT2D eigenvalue weighted by molar-refractivity contribution is 0.409. The second-order valence-electron chi connectivity index (χ2n) is 2.51. The van der Waals surface area contributed by atoms with E-state index in [1.54, 1.807) is 0 Å². The van der Waals surface area contributed by atoms with E-state index in [4.69, 9.17) is 5.73 Å². The van der Waals surface area contributed by atoms with Crippen molar-refractivity contribution in [2.45, 2.75) is 13.3 Å². The first-order valence-electron chi connectivity index (χ1n) is 3.71. The maximum absolute atomic E-state index is 5.54. The highest BCUT2D eigenvalue weighted by Crippen LogP contribution is 2.01. The van der Waals surface area contributed by atoms with Crippen LogP contribution < -0.4 is 5.73 Å². The Bertz CT molecular complexity index is 159. The Morgan fingerprint density at radius 3 is 3.00 bits per heavy atom. The topological polar surface area (TPSA) is 29.3 Å². The van der Waals surface area contributed by atoms with Crippen LogP contribution in [0.25, 0.3) is 0 Å². The van der Waals surface area contributed by atoms with Crippen molar-refractivity contribution in [3.05, 3.63) is 24.0 Å². The van der Waals surface area contributed by atoms with Crippen LogP contribution >= 0.6 is 0 Å². The SMILES string of the molecule is CCCN1C=CC(N)=CC1. The molecular formula is C8H14N2. The summed E-state index contributed by atoms with van der Waals surface area (Å²) >= 11 is 0. The van der Waals surface area contributed by atoms with Crippen LogP contribution in [0, 0.1) is 0 Å². The van der Waals surface area contributed by atoms with Gasteiger partial charge in [0.05, 0.1) is 0 Å². The fourth-order valence-corrected chi connectivity index (χ4v) is 0.996. The standard InChI is InChI=1S/C8H14N2/c1-2-5-10-6-3-8(9)4-7-10/h3-4,6H,2,5,7,9H2,1H3. The van der Waals surface area contributed by atoms with Crippen molar-refractivity contribution in [2.75, 3.05) is 13.1 Å². The van der Waals surface area contributed by atoms with E-state index in [1.807, 2.05) is 12.2 Å². The zero-order chi connectivity index (χ0) is 7.40. The van der Waals surface area contributed by atoms with Gasteiger partial charge in [0.25, 0.3) is 0 Å². The second kappa shape index (κ2) is 3.30. The lowest BCUT2D eigenvalue weighted by atomic mass is 10.3. The second-order valence-corrected chi connectivity index (χ2v) is 2.51. The molecule has 0 spiro atoms. The molecule has 0 amide bonds. The Balaban J connectivity index is 2.37. The Morgan fingerprint density at radius 2 is 2.50 bits per heavy atom. The van der Waals surface area contributed by atoms with Gasteiger partial charge in [-0.2, -0.15) is 0 Å². The molecule has 0 radical (unpaired) electrons. The highest BCUT2D eigenvalue weighted by atomic mass is 15.1. The van der Waals surface area contributed by atoms with Crippen LogP contribution in [-0.4, -0.2) is 18.0 Å². The van der Waals surface area contributed by atoms with Crippen molar-refractivity contribution >= 4 is 0 Å². The van der Waals surface area contributed by atoms with Crippen molar-refractivity contribution in [1.29, 1.82) is 0 Å². The molecule has 0 fully saturated rings. The molecule has 0 aromatic carbocycles. The largest absolute Gasteiger partial charge is 0.399 e. The summed E-state index contributed by atoms with van der Waals surface area (Å²) in [5, 5.41) is 0. The molecule has 1 heterocycles. The third-order valence-electron chi connectivity index (χ3n) is 1.55. The molecule has 0 saturated carbocycles. The first kappa shape index (κ1) is 7.19. The molecule has 2 N–H and O–H groups in total. The molecule has 0 aromatic heterocycles. The van der Waals surface area contributed by atoms with Crippen molar-refractivity contribution in [3.8, 4) is 0 Å². The van der Waals surface area contributed by atoms with E-state index >= 15 is 0 Å². The summed E-state index contributed by atoms with van der Waals surface area (Å²) in [6, 6.07) is 0. The van der Waals surface area contributed by atoms with Gasteiger partial charge in [-0.1, -0.05) is 6.92 Å². The molecule has 1 aliphatic rings. The van der Waals surface area contributed by atoms with Crippen LogP contribution in [0.15, 0.2) is 24.0 Å². The van der Waals surface area contributed by atoms with Crippen LogP contribution in [0.4, 0.5) is 0 Å². The molecule has 1 rings (SSSR count). The summed E-state index contributed by atoms with van der Waals surface area (Å²) in [5.41, 5.74) is 6.42. The van der Waals surface area contributed by atoms with Crippen molar-refractivity contribution in [3.63, 3.8) is 0 Å². The fraction of sp³-hybridized carbons (Fsp3) is 0.500. The van der Waals surface area contributed by atoms with Gasteiger partial charge in [0, 0.05) is 25.0 Å². The molecule has 0 atom stereocenters. The van der Waals surface area contributed by atoms with E-state index in [1.165, 1.54) is 6.42 Å². The van der Waals surface area contributed by atoms with Crippen LogP contribution in [-0.2, 0) is 0 Å². The number of hydrogen-bond donors (Lipinski definition) is 1. The zero-order valence-electron chi connectivity index (χ0n) is 6.38. The number of allylic oxidation sites excluding steroid dienone is 1. The summed E-state index contributed by atoms with van der Waals surface area (Å²) in [4.78, 5) is 2.25. The van der Waals surface area contributed by atoms with Crippen LogP contribution in [0.5, 0.6) is 0 Å². The van der Waals surface area contributed by atoms with Gasteiger partial charge in [-0.3, -0.25) is 0 Å². The van der Waals surface area contributed by atoms with Crippen LogP contribution in [0.3, 0.4) is 0 Å². The highest BCUT2D eigenvalue weighted by molar-refractivity contribution is 5.18. The number of nitrogens with zero attached hydrogens (tertiary/aromatic N) is 1. The van der Waals surface area contributed by atoms with Gasteiger partial charge in [0.15, 0.2) is 0 Å². The predicted octanol–water partition coefficient (Wildman–Crippen LogP) is 1.07. The van der Waals surface area contributed by atoms with E-state index in [0.717, 1.165) is 18.8 Å². The van der Waals surface area contributed by atoms with Gasteiger partial charge in [0.2, 0.25) is 0 Å². The Hall–Kier alpha value is -0.920. The lowest BCUT2D eigenvalue weighted by Crippen LogP contribution is -2.21. The first-order valence-corrected chi connectivity index (χ1v) is 3.71. The molecule has 0 aliphatic carbocycles. The minimum absolute atomic E-state index is 0.882. The molecular weight excluding hydrogens is 124 g/mol. The van der Waals surface area contributed by atoms with Crippen LogP contribution in [0.1, 0.15) is 13.3 Å². The molecule has 0 aromatic rings. The maximum Gasteiger partial charge on any atom is 0.0376 e. The van der Waals surface area contributed by atoms with Gasteiger partial charge < -0.3 is 10.6 Å². The number of rotatable bonds is 2. The molecule has 56 valence electrons. The third-order valence-corrected chi connectivity index (χ3v) is 1.55. The Kier molecular flexibility index (Phi) is 2.37. The summed E-state index contributed by atoms with van der Waals surface area (Å²) < 4.78 is 0. The van der Waals surface area contributed by atoms with Crippen LogP contribution in [0.2, 0.25) is 0 Å². The average Bonchev–Trinajstić information content (AvgIpc) is 1.95. The third kappa shape index (κ3) is 1.79. The smallest absolute Gasteiger partial charge is 0.0376 e. The van der Waals surface area contributed by atoms with E-state index in [0.29, 0.717) is 0 Å². The van der Waals surface area contributed by atoms with E-state index in [2.05, 4.69) is 18.0 Å². The fourth-order valence-electron chi connectivity index (χ4n) is 0.996. The van der Waals surface area contributed by atoms with Gasteiger partial charge in [-0.25, -0.2) is 0 Å². The molecule has 0 unspecified atom stereocenters. The summed E-state index contributed by atoms with van der Waals surface area (Å²) in [6.45, 7) is 4.27. The van der Waals surface area contributed by atoms with Crippen molar-refractivity contribution in [2.24, 2.45) is 5.73 Å². The Morgan fingerprint density at radius 1 is 1.70 bits per heavy atom. The highest BCUT2D eigenvalue weighted by Gasteiger charge is 1.99. The minimum Gasteiger partial charge on any atom is -0.399 e. The van der Waals surface area contributed by atoms with Gasteiger partial charge in [-0.05, 0) is 18.6 Å². The minimum atomic E-state index is 0.882. The summed E-state index contributed by atoms with van der Waals surface area (Å²) in [6.07, 6.45) is 7.23. The van der Waals surface area contributed by atoms with E-state index in [-0.39, 0.29) is 0 Å². The molecule has 0 bridgehead atoms. The maximum atomic E-state index is 5.54. The quantitative estimate of drug-likeness (QED) is 0.618. The molecule has 1 aliphatic heterocycles. The molecule has 10 heavy (non-hydrogen) atoms. The van der Waals surface area contributed by atoms with Gasteiger partial charge in [-0.15, -0.1) is 0 Å². The summed E-state index contributed by atoms with van der Waals surface area (Å²) in [5.74, 6) is 0. The van der Waals surface area contributed by atoms with E-state index < -0.39 is 0 Å². The average molecular weight is 138 g/mol. The van der Waals surface area contributed by atoms with Gasteiger partial charge in [0.1, 0.15) is 0 Å².